The molecule has 100 valence electrons. The van der Waals surface area contributed by atoms with Crippen LogP contribution in [0.25, 0.3) is 0 Å². The molecule has 0 aliphatic carbocycles. The van der Waals surface area contributed by atoms with Gasteiger partial charge < -0.3 is 19.3 Å². The summed E-state index contributed by atoms with van der Waals surface area (Å²) in [4.78, 5) is 8.28. The Bertz CT molecular complexity index is 419. The summed E-state index contributed by atoms with van der Waals surface area (Å²) in [6.07, 6.45) is 2.30. The molecule has 1 saturated heterocycles. The molecule has 0 aromatic carbocycles. The molecule has 2 atom stereocenters. The van der Waals surface area contributed by atoms with Crippen LogP contribution in [0.1, 0.15) is 31.6 Å². The fourth-order valence-electron chi connectivity index (χ4n) is 2.11. The smallest absolute Gasteiger partial charge is 0.241 e. The summed E-state index contributed by atoms with van der Waals surface area (Å²) < 4.78 is 15.7. The second-order valence-corrected chi connectivity index (χ2v) is 4.47. The van der Waals surface area contributed by atoms with E-state index in [4.69, 9.17) is 14.2 Å². The summed E-state index contributed by atoms with van der Waals surface area (Å²) in [6, 6.07) is 0. The van der Waals surface area contributed by atoms with Crippen LogP contribution in [-0.2, 0) is 4.74 Å². The molecule has 2 rings (SSSR count). The second-order valence-electron chi connectivity index (χ2n) is 4.47. The van der Waals surface area contributed by atoms with Crippen molar-refractivity contribution < 1.29 is 19.3 Å². The van der Waals surface area contributed by atoms with Crippen molar-refractivity contribution in [3.8, 4) is 11.8 Å². The molecule has 0 radical (unpaired) electrons. The lowest BCUT2D eigenvalue weighted by Gasteiger charge is -2.29. The topological polar surface area (TPSA) is 73.7 Å². The number of ether oxygens (including phenoxy) is 3. The first kappa shape index (κ1) is 13.0. The molecule has 1 aliphatic rings. The van der Waals surface area contributed by atoms with Gasteiger partial charge in [-0.15, -0.1) is 0 Å². The quantitative estimate of drug-likeness (QED) is 0.867. The van der Waals surface area contributed by atoms with Gasteiger partial charge in [-0.2, -0.15) is 4.98 Å². The second kappa shape index (κ2) is 5.07. The highest BCUT2D eigenvalue weighted by atomic mass is 16.5. The van der Waals surface area contributed by atoms with Gasteiger partial charge in [0.15, 0.2) is 0 Å². The third-order valence-corrected chi connectivity index (χ3v) is 3.23. The van der Waals surface area contributed by atoms with Crippen molar-refractivity contribution in [2.24, 2.45) is 0 Å². The van der Waals surface area contributed by atoms with E-state index in [0.717, 1.165) is 12.8 Å². The fraction of sp³-hybridized carbons (Fsp3) is 0.667. The van der Waals surface area contributed by atoms with Gasteiger partial charge in [-0.1, -0.05) is 0 Å². The Morgan fingerprint density at radius 1 is 1.44 bits per heavy atom. The summed E-state index contributed by atoms with van der Waals surface area (Å²) >= 11 is 0. The predicted molar refractivity (Wildman–Crippen MR) is 63.7 cm³/mol. The molecule has 1 fully saturated rings. The molecule has 2 unspecified atom stereocenters. The van der Waals surface area contributed by atoms with E-state index in [2.05, 4.69) is 9.97 Å². The number of hydrogen-bond donors (Lipinski definition) is 1. The van der Waals surface area contributed by atoms with E-state index in [1.807, 2.05) is 6.92 Å². The number of methoxy groups -OCH3 is 2. The fourth-order valence-corrected chi connectivity index (χ4v) is 2.11. The van der Waals surface area contributed by atoms with Gasteiger partial charge in [0.05, 0.1) is 26.0 Å². The molecular formula is C12H18N2O4. The molecule has 6 heteroatoms. The average molecular weight is 254 g/mol. The van der Waals surface area contributed by atoms with Crippen molar-refractivity contribution >= 4 is 0 Å². The molecule has 1 aromatic rings. The first-order valence-corrected chi connectivity index (χ1v) is 5.87. The third-order valence-electron chi connectivity index (χ3n) is 3.23. The number of nitrogens with zero attached hydrogens (tertiary/aromatic N) is 2. The van der Waals surface area contributed by atoms with Crippen LogP contribution in [0.2, 0.25) is 0 Å². The summed E-state index contributed by atoms with van der Waals surface area (Å²) in [7, 11) is 2.98. The van der Waals surface area contributed by atoms with Crippen LogP contribution >= 0.6 is 0 Å². The minimum absolute atomic E-state index is 0.263. The molecule has 0 amide bonds. The lowest BCUT2D eigenvalue weighted by Crippen LogP contribution is -2.33. The van der Waals surface area contributed by atoms with Gasteiger partial charge in [-0.25, -0.2) is 4.98 Å². The zero-order valence-corrected chi connectivity index (χ0v) is 10.8. The van der Waals surface area contributed by atoms with Crippen LogP contribution in [0.5, 0.6) is 11.8 Å². The van der Waals surface area contributed by atoms with Gasteiger partial charge in [0, 0.05) is 6.61 Å². The number of aliphatic hydroxyl groups is 1. The van der Waals surface area contributed by atoms with E-state index in [9.17, 15) is 5.11 Å². The summed E-state index contributed by atoms with van der Waals surface area (Å²) in [5.74, 6) is 0.610. The van der Waals surface area contributed by atoms with Crippen LogP contribution in [0.15, 0.2) is 6.20 Å². The van der Waals surface area contributed by atoms with Crippen LogP contribution in [0, 0.1) is 0 Å². The van der Waals surface area contributed by atoms with Crippen molar-refractivity contribution in [1.29, 1.82) is 0 Å². The van der Waals surface area contributed by atoms with Crippen molar-refractivity contribution in [3.63, 3.8) is 0 Å². The number of aliphatic hydroxyl groups excluding tert-OH is 1. The van der Waals surface area contributed by atoms with Crippen LogP contribution in [0.3, 0.4) is 0 Å². The predicted octanol–water partition coefficient (Wildman–Crippen LogP) is 1.10. The minimum atomic E-state index is -0.867. The zero-order chi connectivity index (χ0) is 13.2. The normalized spacial score (nSPS) is 24.9. The van der Waals surface area contributed by atoms with Gasteiger partial charge in [0.25, 0.3) is 0 Å². The number of rotatable bonds is 4. The van der Waals surface area contributed by atoms with Gasteiger partial charge in [0.2, 0.25) is 11.8 Å². The van der Waals surface area contributed by atoms with Gasteiger partial charge in [-0.3, -0.25) is 0 Å². The van der Waals surface area contributed by atoms with Crippen LogP contribution < -0.4 is 9.47 Å². The van der Waals surface area contributed by atoms with Gasteiger partial charge >= 0.3 is 0 Å². The SMILES string of the molecule is COc1cnc(C(O)C2(C)CCCO2)c(OC)n1. The van der Waals surface area contributed by atoms with E-state index in [0.29, 0.717) is 18.2 Å². The Morgan fingerprint density at radius 2 is 2.22 bits per heavy atom. The Hall–Kier alpha value is -1.40. The highest BCUT2D eigenvalue weighted by Crippen LogP contribution is 2.39. The Labute approximate surface area is 106 Å². The maximum Gasteiger partial charge on any atom is 0.241 e. The average Bonchev–Trinajstić information content (AvgIpc) is 2.85. The Balaban J connectivity index is 2.32. The van der Waals surface area contributed by atoms with Gasteiger partial charge in [-0.05, 0) is 19.8 Å². The first-order chi connectivity index (χ1) is 8.60. The van der Waals surface area contributed by atoms with E-state index >= 15 is 0 Å². The molecule has 2 heterocycles. The third kappa shape index (κ3) is 2.26. The van der Waals surface area contributed by atoms with Crippen molar-refractivity contribution in [1.82, 2.24) is 9.97 Å². The highest BCUT2D eigenvalue weighted by Gasteiger charge is 2.40. The van der Waals surface area contributed by atoms with Crippen LogP contribution in [-0.4, -0.2) is 41.5 Å². The van der Waals surface area contributed by atoms with Gasteiger partial charge in [0.1, 0.15) is 11.8 Å². The summed E-state index contributed by atoms with van der Waals surface area (Å²) in [6.45, 7) is 2.52. The molecule has 0 spiro atoms. The molecule has 1 aliphatic heterocycles. The van der Waals surface area contributed by atoms with E-state index < -0.39 is 11.7 Å². The van der Waals surface area contributed by atoms with Crippen LogP contribution in [0.4, 0.5) is 0 Å². The lowest BCUT2D eigenvalue weighted by molar-refractivity contribution is -0.0823. The molecule has 0 saturated carbocycles. The van der Waals surface area contributed by atoms with E-state index in [1.54, 1.807) is 0 Å². The largest absolute Gasteiger partial charge is 0.480 e. The summed E-state index contributed by atoms with van der Waals surface area (Å²) in [5.41, 5.74) is -0.251. The molecule has 1 aromatic heterocycles. The molecule has 1 N–H and O–H groups in total. The Kier molecular flexibility index (Phi) is 3.68. The number of aromatic nitrogens is 2. The van der Waals surface area contributed by atoms with Crippen molar-refractivity contribution in [2.75, 3.05) is 20.8 Å². The highest BCUT2D eigenvalue weighted by molar-refractivity contribution is 5.26. The molecule has 18 heavy (non-hydrogen) atoms. The lowest BCUT2D eigenvalue weighted by atomic mass is 9.93. The molecular weight excluding hydrogens is 236 g/mol. The number of hydrogen-bond acceptors (Lipinski definition) is 6. The summed E-state index contributed by atoms with van der Waals surface area (Å²) in [5, 5.41) is 10.4. The van der Waals surface area contributed by atoms with Crippen molar-refractivity contribution in [2.45, 2.75) is 31.5 Å². The monoisotopic (exact) mass is 254 g/mol. The van der Waals surface area contributed by atoms with E-state index in [-0.39, 0.29) is 5.88 Å². The standard InChI is InChI=1S/C12H18N2O4/c1-12(5-4-6-18-12)10(15)9-11(17-3)14-8(16-2)7-13-9/h7,10,15H,4-6H2,1-3H3. The van der Waals surface area contributed by atoms with E-state index in [1.165, 1.54) is 20.4 Å². The Morgan fingerprint density at radius 3 is 2.78 bits per heavy atom. The minimum Gasteiger partial charge on any atom is -0.480 e. The first-order valence-electron chi connectivity index (χ1n) is 5.87. The maximum absolute atomic E-state index is 10.4. The van der Waals surface area contributed by atoms with Crippen molar-refractivity contribution in [3.05, 3.63) is 11.9 Å². The molecule has 0 bridgehead atoms. The maximum atomic E-state index is 10.4. The molecule has 6 nitrogen and oxygen atoms in total. The zero-order valence-electron chi connectivity index (χ0n) is 10.8.